The van der Waals surface area contributed by atoms with Crippen LogP contribution >= 0.6 is 11.6 Å². The third-order valence-electron chi connectivity index (χ3n) is 5.02. The fourth-order valence-corrected chi connectivity index (χ4v) is 3.93. The molecule has 2 aromatic carbocycles. The van der Waals surface area contributed by atoms with Crippen molar-refractivity contribution < 1.29 is 9.59 Å². The van der Waals surface area contributed by atoms with Crippen molar-refractivity contribution in [3.8, 4) is 0 Å². The number of nitrogens with zero attached hydrogens (tertiary/aromatic N) is 2. The summed E-state index contributed by atoms with van der Waals surface area (Å²) >= 11 is 6.31. The van der Waals surface area contributed by atoms with Crippen molar-refractivity contribution in [3.05, 3.63) is 64.2 Å². The molecule has 0 unspecified atom stereocenters. The highest BCUT2D eigenvalue weighted by molar-refractivity contribution is 6.31. The zero-order valence-corrected chi connectivity index (χ0v) is 14.8. The predicted molar refractivity (Wildman–Crippen MR) is 97.9 cm³/mol. The SMILES string of the molecule is Cc1ccc2c(c1)C(=O)N1CCC[C@H]1C(=O)N2Cc1ccccc1Cl. The summed E-state index contributed by atoms with van der Waals surface area (Å²) in [7, 11) is 0. The third-order valence-corrected chi connectivity index (χ3v) is 5.39. The number of rotatable bonds is 2. The predicted octanol–water partition coefficient (Wildman–Crippen LogP) is 3.80. The fourth-order valence-electron chi connectivity index (χ4n) is 3.74. The van der Waals surface area contributed by atoms with Gasteiger partial charge in [0, 0.05) is 11.6 Å². The van der Waals surface area contributed by atoms with E-state index >= 15 is 0 Å². The van der Waals surface area contributed by atoms with Crippen LogP contribution in [0.5, 0.6) is 0 Å². The Labute approximate surface area is 152 Å². The van der Waals surface area contributed by atoms with Crippen LogP contribution in [0.25, 0.3) is 0 Å². The number of benzene rings is 2. The number of anilines is 1. The van der Waals surface area contributed by atoms with Gasteiger partial charge in [-0.05, 0) is 43.5 Å². The number of fused-ring (bicyclic) bond motifs is 2. The number of aryl methyl sites for hydroxylation is 1. The molecule has 4 rings (SSSR count). The van der Waals surface area contributed by atoms with E-state index in [2.05, 4.69) is 0 Å². The van der Waals surface area contributed by atoms with Gasteiger partial charge in [0.1, 0.15) is 6.04 Å². The summed E-state index contributed by atoms with van der Waals surface area (Å²) in [6, 6.07) is 12.8. The van der Waals surface area contributed by atoms with Crippen LogP contribution in [0.2, 0.25) is 5.02 Å². The molecule has 25 heavy (non-hydrogen) atoms. The zero-order valence-electron chi connectivity index (χ0n) is 14.0. The van der Waals surface area contributed by atoms with Crippen molar-refractivity contribution in [3.63, 3.8) is 0 Å². The van der Waals surface area contributed by atoms with Crippen molar-refractivity contribution >= 4 is 29.1 Å². The Hall–Kier alpha value is -2.33. The second-order valence-corrected chi connectivity index (χ2v) is 7.10. The Morgan fingerprint density at radius 2 is 1.96 bits per heavy atom. The second-order valence-electron chi connectivity index (χ2n) is 6.69. The minimum Gasteiger partial charge on any atom is -0.327 e. The van der Waals surface area contributed by atoms with Crippen LogP contribution in [0.4, 0.5) is 5.69 Å². The van der Waals surface area contributed by atoms with E-state index in [9.17, 15) is 9.59 Å². The third kappa shape index (κ3) is 2.71. The Balaban J connectivity index is 1.84. The van der Waals surface area contributed by atoms with Gasteiger partial charge in [-0.2, -0.15) is 0 Å². The molecule has 0 aliphatic carbocycles. The van der Waals surface area contributed by atoms with Crippen LogP contribution in [-0.4, -0.2) is 29.3 Å². The van der Waals surface area contributed by atoms with Crippen LogP contribution in [0.3, 0.4) is 0 Å². The van der Waals surface area contributed by atoms with E-state index in [1.54, 1.807) is 9.80 Å². The molecule has 2 heterocycles. The summed E-state index contributed by atoms with van der Waals surface area (Å²) in [5.74, 6) is -0.0652. The molecular formula is C20H19ClN2O2. The minimum atomic E-state index is -0.373. The van der Waals surface area contributed by atoms with E-state index in [4.69, 9.17) is 11.6 Å². The summed E-state index contributed by atoms with van der Waals surface area (Å²) in [4.78, 5) is 29.7. The number of carbonyl (C=O) groups is 2. The summed E-state index contributed by atoms with van der Waals surface area (Å²) in [5, 5.41) is 0.628. The smallest absolute Gasteiger partial charge is 0.256 e. The van der Waals surface area contributed by atoms with Gasteiger partial charge in [-0.15, -0.1) is 0 Å². The first-order valence-electron chi connectivity index (χ1n) is 8.52. The maximum absolute atomic E-state index is 13.2. The van der Waals surface area contributed by atoms with Gasteiger partial charge < -0.3 is 9.80 Å². The maximum Gasteiger partial charge on any atom is 0.256 e. The standard InChI is InChI=1S/C20H19ClN2O2/c1-13-8-9-17-15(11-13)19(24)22-10-4-7-18(22)20(25)23(17)12-14-5-2-3-6-16(14)21/h2-3,5-6,8-9,11,18H,4,7,10,12H2,1H3/t18-/m0/s1. The molecule has 0 radical (unpaired) electrons. The van der Waals surface area contributed by atoms with Gasteiger partial charge in [-0.1, -0.05) is 41.4 Å². The highest BCUT2D eigenvalue weighted by atomic mass is 35.5. The molecule has 5 heteroatoms. The second kappa shape index (κ2) is 6.19. The Bertz CT molecular complexity index is 865. The van der Waals surface area contributed by atoms with Crippen LogP contribution in [-0.2, 0) is 11.3 Å². The lowest BCUT2D eigenvalue weighted by Gasteiger charge is -2.26. The van der Waals surface area contributed by atoms with Crippen LogP contribution in [0, 0.1) is 6.92 Å². The molecule has 0 spiro atoms. The molecule has 0 bridgehead atoms. The molecular weight excluding hydrogens is 336 g/mol. The lowest BCUT2D eigenvalue weighted by Crippen LogP contribution is -2.44. The first-order valence-corrected chi connectivity index (χ1v) is 8.90. The maximum atomic E-state index is 13.2. The Morgan fingerprint density at radius 3 is 2.76 bits per heavy atom. The average molecular weight is 355 g/mol. The van der Waals surface area contributed by atoms with Gasteiger partial charge in [-0.3, -0.25) is 9.59 Å². The quantitative estimate of drug-likeness (QED) is 0.823. The van der Waals surface area contributed by atoms with Crippen molar-refractivity contribution in [1.82, 2.24) is 4.90 Å². The van der Waals surface area contributed by atoms with Gasteiger partial charge >= 0.3 is 0 Å². The molecule has 1 saturated heterocycles. The molecule has 2 aromatic rings. The Morgan fingerprint density at radius 1 is 1.16 bits per heavy atom. The topological polar surface area (TPSA) is 40.6 Å². The van der Waals surface area contributed by atoms with Crippen molar-refractivity contribution in [2.45, 2.75) is 32.4 Å². The summed E-state index contributed by atoms with van der Waals surface area (Å²) in [6.45, 7) is 2.97. The van der Waals surface area contributed by atoms with Crippen molar-refractivity contribution in [2.24, 2.45) is 0 Å². The molecule has 4 nitrogen and oxygen atoms in total. The Kier molecular flexibility index (Phi) is 4.00. The van der Waals surface area contributed by atoms with E-state index < -0.39 is 0 Å². The van der Waals surface area contributed by atoms with E-state index in [0.29, 0.717) is 29.4 Å². The van der Waals surface area contributed by atoms with Gasteiger partial charge in [0.2, 0.25) is 5.91 Å². The summed E-state index contributed by atoms with van der Waals surface area (Å²) in [6.07, 6.45) is 1.58. The van der Waals surface area contributed by atoms with Crippen LogP contribution in [0.15, 0.2) is 42.5 Å². The van der Waals surface area contributed by atoms with E-state index in [1.165, 1.54) is 0 Å². The minimum absolute atomic E-state index is 0.0200. The molecule has 2 aliphatic rings. The number of halogens is 1. The largest absolute Gasteiger partial charge is 0.327 e. The molecule has 0 N–H and O–H groups in total. The first-order chi connectivity index (χ1) is 12.1. The highest BCUT2D eigenvalue weighted by Gasteiger charge is 2.42. The lowest BCUT2D eigenvalue weighted by atomic mass is 10.1. The molecule has 2 aliphatic heterocycles. The monoisotopic (exact) mass is 354 g/mol. The van der Waals surface area contributed by atoms with E-state index in [-0.39, 0.29) is 17.9 Å². The van der Waals surface area contributed by atoms with E-state index in [0.717, 1.165) is 24.0 Å². The van der Waals surface area contributed by atoms with Gasteiger partial charge in [-0.25, -0.2) is 0 Å². The molecule has 0 saturated carbocycles. The normalized spacial score (nSPS) is 19.7. The first kappa shape index (κ1) is 16.2. The number of hydrogen-bond acceptors (Lipinski definition) is 2. The van der Waals surface area contributed by atoms with Crippen molar-refractivity contribution in [2.75, 3.05) is 11.4 Å². The average Bonchev–Trinajstić information content (AvgIpc) is 3.07. The molecule has 1 atom stereocenters. The number of amides is 2. The summed E-state index contributed by atoms with van der Waals surface area (Å²) in [5.41, 5.74) is 3.16. The molecule has 0 aromatic heterocycles. The molecule has 128 valence electrons. The van der Waals surface area contributed by atoms with E-state index in [1.807, 2.05) is 49.4 Å². The number of hydrogen-bond donors (Lipinski definition) is 0. The highest BCUT2D eigenvalue weighted by Crippen LogP contribution is 2.34. The zero-order chi connectivity index (χ0) is 17.6. The lowest BCUT2D eigenvalue weighted by molar-refractivity contribution is -0.122. The summed E-state index contributed by atoms with van der Waals surface area (Å²) < 4.78 is 0. The molecule has 2 amide bonds. The number of carbonyl (C=O) groups excluding carboxylic acids is 2. The van der Waals surface area contributed by atoms with Gasteiger partial charge in [0.15, 0.2) is 0 Å². The van der Waals surface area contributed by atoms with Crippen LogP contribution in [0.1, 0.15) is 34.3 Å². The fraction of sp³-hybridized carbons (Fsp3) is 0.300. The van der Waals surface area contributed by atoms with Gasteiger partial charge in [0.05, 0.1) is 17.8 Å². The molecule has 1 fully saturated rings. The van der Waals surface area contributed by atoms with Crippen LogP contribution < -0.4 is 4.90 Å². The van der Waals surface area contributed by atoms with Crippen molar-refractivity contribution in [1.29, 1.82) is 0 Å². The van der Waals surface area contributed by atoms with Gasteiger partial charge in [0.25, 0.3) is 5.91 Å².